The van der Waals surface area contributed by atoms with Gasteiger partial charge in [-0.3, -0.25) is 0 Å². The van der Waals surface area contributed by atoms with Crippen molar-refractivity contribution < 1.29 is 4.39 Å². The molecule has 0 aliphatic carbocycles. The summed E-state index contributed by atoms with van der Waals surface area (Å²) in [6.45, 7) is 1.95. The lowest BCUT2D eigenvalue weighted by atomic mass is 10.6. The maximum Gasteiger partial charge on any atom is 0.223 e. The second-order valence-corrected chi connectivity index (χ2v) is 3.28. The third-order valence-corrected chi connectivity index (χ3v) is 2.06. The van der Waals surface area contributed by atoms with Gasteiger partial charge in [0.2, 0.25) is 5.95 Å². The summed E-state index contributed by atoms with van der Waals surface area (Å²) >= 11 is 1.37. The molecule has 0 bridgehead atoms. The number of aromatic nitrogens is 2. The first-order valence-corrected chi connectivity index (χ1v) is 4.59. The van der Waals surface area contributed by atoms with E-state index < -0.39 is 0 Å². The van der Waals surface area contributed by atoms with Gasteiger partial charge < -0.3 is 5.32 Å². The number of nitrogens with zero attached hydrogens (tertiary/aromatic N) is 2. The number of halogens is 1. The second-order valence-electron chi connectivity index (χ2n) is 2.03. The molecule has 1 N–H and O–H groups in total. The molecule has 12 heavy (non-hydrogen) atoms. The normalized spacial score (nSPS) is 9.92. The summed E-state index contributed by atoms with van der Waals surface area (Å²) in [6.07, 6.45) is 1.18. The fourth-order valence-electron chi connectivity index (χ4n) is 0.710. The van der Waals surface area contributed by atoms with E-state index in [4.69, 9.17) is 0 Å². The first-order valence-electron chi connectivity index (χ1n) is 3.61. The Morgan fingerprint density at radius 1 is 1.67 bits per heavy atom. The predicted octanol–water partition coefficient (Wildman–Crippen LogP) is 1.77. The van der Waals surface area contributed by atoms with Crippen LogP contribution < -0.4 is 5.32 Å². The van der Waals surface area contributed by atoms with Gasteiger partial charge in [-0.05, 0) is 5.75 Å². The number of rotatable bonds is 3. The largest absolute Gasteiger partial charge is 0.357 e. The molecule has 1 aromatic heterocycles. The maximum absolute atomic E-state index is 12.9. The summed E-state index contributed by atoms with van der Waals surface area (Å²) in [4.78, 5) is 7.68. The third kappa shape index (κ3) is 2.07. The summed E-state index contributed by atoms with van der Waals surface area (Å²) < 4.78 is 12.9. The van der Waals surface area contributed by atoms with Crippen molar-refractivity contribution in [3.8, 4) is 0 Å². The standard InChI is InChI=1S/C7H10FN3S/c1-3-12-6-5(8)4-10-7(9-2)11-6/h4H,3H2,1-2H3,(H,9,10,11). The number of hydrogen-bond acceptors (Lipinski definition) is 4. The van der Waals surface area contributed by atoms with Gasteiger partial charge in [0.1, 0.15) is 5.03 Å². The Labute approximate surface area is 74.8 Å². The zero-order valence-corrected chi connectivity index (χ0v) is 7.78. The fourth-order valence-corrected chi connectivity index (χ4v) is 1.32. The van der Waals surface area contributed by atoms with E-state index in [1.54, 1.807) is 7.05 Å². The SMILES string of the molecule is CCSc1nc(NC)ncc1F. The van der Waals surface area contributed by atoms with Crippen molar-refractivity contribution in [1.82, 2.24) is 9.97 Å². The van der Waals surface area contributed by atoms with Crippen LogP contribution in [-0.4, -0.2) is 22.8 Å². The van der Waals surface area contributed by atoms with Gasteiger partial charge >= 0.3 is 0 Å². The summed E-state index contributed by atoms with van der Waals surface area (Å²) in [5, 5.41) is 3.15. The smallest absolute Gasteiger partial charge is 0.223 e. The minimum Gasteiger partial charge on any atom is -0.357 e. The number of nitrogens with one attached hydrogen (secondary N) is 1. The topological polar surface area (TPSA) is 37.8 Å². The Hall–Kier alpha value is -0.840. The van der Waals surface area contributed by atoms with Crippen molar-refractivity contribution in [2.75, 3.05) is 18.1 Å². The van der Waals surface area contributed by atoms with Crippen LogP contribution in [0.5, 0.6) is 0 Å². The molecule has 0 atom stereocenters. The van der Waals surface area contributed by atoms with Crippen LogP contribution in [-0.2, 0) is 0 Å². The second kappa shape index (κ2) is 4.25. The lowest BCUT2D eigenvalue weighted by Gasteiger charge is -2.01. The lowest BCUT2D eigenvalue weighted by molar-refractivity contribution is 0.580. The zero-order valence-electron chi connectivity index (χ0n) is 6.97. The Balaban J connectivity index is 2.91. The highest BCUT2D eigenvalue weighted by Gasteiger charge is 2.04. The first kappa shape index (κ1) is 9.25. The molecule has 0 aromatic carbocycles. The van der Waals surface area contributed by atoms with E-state index in [1.165, 1.54) is 18.0 Å². The molecule has 1 rings (SSSR count). The molecule has 5 heteroatoms. The van der Waals surface area contributed by atoms with Gasteiger partial charge in [-0.15, -0.1) is 11.8 Å². The van der Waals surface area contributed by atoms with Crippen molar-refractivity contribution >= 4 is 17.7 Å². The minimum atomic E-state index is -0.360. The molecule has 0 unspecified atom stereocenters. The minimum absolute atomic E-state index is 0.360. The van der Waals surface area contributed by atoms with Gasteiger partial charge in [-0.25, -0.2) is 14.4 Å². The molecule has 0 saturated carbocycles. The quantitative estimate of drug-likeness (QED) is 0.578. The highest BCUT2D eigenvalue weighted by molar-refractivity contribution is 7.99. The van der Waals surface area contributed by atoms with Crippen molar-refractivity contribution in [1.29, 1.82) is 0 Å². The van der Waals surface area contributed by atoms with Crippen molar-refractivity contribution in [2.45, 2.75) is 11.9 Å². The Morgan fingerprint density at radius 2 is 2.42 bits per heavy atom. The van der Waals surface area contributed by atoms with Gasteiger partial charge in [0.05, 0.1) is 6.20 Å². The van der Waals surface area contributed by atoms with Crippen LogP contribution in [0.2, 0.25) is 0 Å². The number of thioether (sulfide) groups is 1. The highest BCUT2D eigenvalue weighted by Crippen LogP contribution is 2.18. The summed E-state index contributed by atoms with van der Waals surface area (Å²) in [5.41, 5.74) is 0. The number of anilines is 1. The summed E-state index contributed by atoms with van der Waals surface area (Å²) in [6, 6.07) is 0. The zero-order chi connectivity index (χ0) is 8.97. The predicted molar refractivity (Wildman–Crippen MR) is 47.9 cm³/mol. The summed E-state index contributed by atoms with van der Waals surface area (Å²) in [5.74, 6) is 0.894. The van der Waals surface area contributed by atoms with E-state index in [9.17, 15) is 4.39 Å². The Morgan fingerprint density at radius 3 is 3.00 bits per heavy atom. The lowest BCUT2D eigenvalue weighted by Crippen LogP contribution is -1.98. The number of hydrogen-bond donors (Lipinski definition) is 1. The van der Waals surface area contributed by atoms with Crippen molar-refractivity contribution in [3.63, 3.8) is 0 Å². The molecular weight excluding hydrogens is 177 g/mol. The van der Waals surface area contributed by atoms with E-state index in [2.05, 4.69) is 15.3 Å². The van der Waals surface area contributed by atoms with Gasteiger partial charge in [-0.1, -0.05) is 6.92 Å². The molecular formula is C7H10FN3S. The molecule has 66 valence electrons. The Bertz CT molecular complexity index is 267. The highest BCUT2D eigenvalue weighted by atomic mass is 32.2. The Kier molecular flexibility index (Phi) is 3.28. The molecule has 1 aromatic rings. The fraction of sp³-hybridized carbons (Fsp3) is 0.429. The van der Waals surface area contributed by atoms with E-state index >= 15 is 0 Å². The molecule has 0 radical (unpaired) electrons. The average molecular weight is 187 g/mol. The van der Waals surface area contributed by atoms with Gasteiger partial charge in [0.15, 0.2) is 5.82 Å². The van der Waals surface area contributed by atoms with Crippen LogP contribution in [0, 0.1) is 5.82 Å². The van der Waals surface area contributed by atoms with Crippen molar-refractivity contribution in [3.05, 3.63) is 12.0 Å². The van der Waals surface area contributed by atoms with Crippen molar-refractivity contribution in [2.24, 2.45) is 0 Å². The van der Waals surface area contributed by atoms with Crippen LogP contribution in [0.4, 0.5) is 10.3 Å². The third-order valence-electron chi connectivity index (χ3n) is 1.22. The van der Waals surface area contributed by atoms with Crippen LogP contribution in [0.3, 0.4) is 0 Å². The molecule has 0 aliphatic rings. The molecule has 0 amide bonds. The average Bonchev–Trinajstić information content (AvgIpc) is 2.09. The van der Waals surface area contributed by atoms with E-state index in [-0.39, 0.29) is 5.82 Å². The molecule has 0 saturated heterocycles. The van der Waals surface area contributed by atoms with Gasteiger partial charge in [-0.2, -0.15) is 0 Å². The van der Waals surface area contributed by atoms with Gasteiger partial charge in [0.25, 0.3) is 0 Å². The van der Waals surface area contributed by atoms with Crippen LogP contribution in [0.1, 0.15) is 6.92 Å². The summed E-state index contributed by atoms with van der Waals surface area (Å²) in [7, 11) is 1.70. The van der Waals surface area contributed by atoms with Crippen LogP contribution in [0.15, 0.2) is 11.2 Å². The molecule has 0 fully saturated rings. The van der Waals surface area contributed by atoms with Crippen LogP contribution in [0.25, 0.3) is 0 Å². The molecule has 3 nitrogen and oxygen atoms in total. The molecule has 1 heterocycles. The van der Waals surface area contributed by atoms with E-state index in [1.807, 2.05) is 6.92 Å². The molecule has 0 aliphatic heterocycles. The molecule has 0 spiro atoms. The van der Waals surface area contributed by atoms with Gasteiger partial charge in [0, 0.05) is 7.05 Å². The first-order chi connectivity index (χ1) is 5.77. The monoisotopic (exact) mass is 187 g/mol. The maximum atomic E-state index is 12.9. The van der Waals surface area contributed by atoms with Crippen LogP contribution >= 0.6 is 11.8 Å². The van der Waals surface area contributed by atoms with E-state index in [0.29, 0.717) is 11.0 Å². The van der Waals surface area contributed by atoms with E-state index in [0.717, 1.165) is 5.75 Å².